The number of rotatable bonds is 10. The number of amides is 3. The van der Waals surface area contributed by atoms with Crippen molar-refractivity contribution in [3.8, 4) is 0 Å². The highest BCUT2D eigenvalue weighted by molar-refractivity contribution is 7.99. The zero-order valence-electron chi connectivity index (χ0n) is 21.4. The predicted molar refractivity (Wildman–Crippen MR) is 139 cm³/mol. The summed E-state index contributed by atoms with van der Waals surface area (Å²) in [7, 11) is 0. The van der Waals surface area contributed by atoms with Crippen LogP contribution in [0.4, 0.5) is 18.0 Å². The molecule has 210 valence electrons. The van der Waals surface area contributed by atoms with Crippen molar-refractivity contribution in [2.75, 3.05) is 11.6 Å². The molecule has 1 fully saturated rings. The van der Waals surface area contributed by atoms with E-state index in [-0.39, 0.29) is 30.6 Å². The molecule has 3 rings (SSSR count). The number of thioether (sulfide) groups is 1. The van der Waals surface area contributed by atoms with Crippen LogP contribution in [0.3, 0.4) is 0 Å². The number of ether oxygens (including phenoxy) is 1. The number of ketones is 1. The van der Waals surface area contributed by atoms with Crippen LogP contribution in [0.15, 0.2) is 60.7 Å². The number of carbonyl (C=O) groups excluding carboxylic acids is 4. The van der Waals surface area contributed by atoms with Gasteiger partial charge in [-0.3, -0.25) is 14.4 Å². The molecule has 12 heteroatoms. The van der Waals surface area contributed by atoms with E-state index in [0.29, 0.717) is 5.56 Å². The van der Waals surface area contributed by atoms with Crippen molar-refractivity contribution < 1.29 is 37.1 Å². The Morgan fingerprint density at radius 2 is 1.56 bits per heavy atom. The van der Waals surface area contributed by atoms with E-state index >= 15 is 0 Å². The third-order valence-electron chi connectivity index (χ3n) is 6.08. The number of Topliss-reactive ketones (excluding diaryl/α,β-unsaturated/α-hetero) is 1. The Morgan fingerprint density at radius 3 is 2.13 bits per heavy atom. The normalized spacial score (nSPS) is 16.9. The highest BCUT2D eigenvalue weighted by Crippen LogP contribution is 2.25. The van der Waals surface area contributed by atoms with Gasteiger partial charge in [-0.1, -0.05) is 74.5 Å². The molecule has 1 saturated heterocycles. The van der Waals surface area contributed by atoms with Crippen molar-refractivity contribution >= 4 is 35.5 Å². The van der Waals surface area contributed by atoms with Gasteiger partial charge in [0, 0.05) is 12.2 Å². The molecule has 0 radical (unpaired) electrons. The van der Waals surface area contributed by atoms with Crippen LogP contribution in [0.2, 0.25) is 0 Å². The van der Waals surface area contributed by atoms with Crippen molar-refractivity contribution in [1.29, 1.82) is 0 Å². The molecule has 3 amide bonds. The van der Waals surface area contributed by atoms with E-state index in [2.05, 4.69) is 10.6 Å². The molecule has 0 aliphatic carbocycles. The average Bonchev–Trinajstić information content (AvgIpc) is 3.40. The molecular formula is C27H30F3N3O5S. The molecule has 0 spiro atoms. The molecule has 2 aromatic rings. The molecule has 1 aliphatic rings. The highest BCUT2D eigenvalue weighted by atomic mass is 32.2. The number of nitrogens with zero attached hydrogens (tertiary/aromatic N) is 1. The van der Waals surface area contributed by atoms with Crippen molar-refractivity contribution in [3.63, 3.8) is 0 Å². The minimum Gasteiger partial charge on any atom is -0.445 e. The summed E-state index contributed by atoms with van der Waals surface area (Å²) in [4.78, 5) is 52.3. The van der Waals surface area contributed by atoms with Crippen molar-refractivity contribution in [1.82, 2.24) is 15.5 Å². The summed E-state index contributed by atoms with van der Waals surface area (Å²) < 4.78 is 45.1. The van der Waals surface area contributed by atoms with Crippen LogP contribution in [-0.4, -0.2) is 64.5 Å². The number of carbonyl (C=O) groups is 4. The molecule has 8 nitrogen and oxygen atoms in total. The summed E-state index contributed by atoms with van der Waals surface area (Å²) in [6.45, 7) is 3.40. The summed E-state index contributed by atoms with van der Waals surface area (Å²) in [5, 5.41) is 4.76. The van der Waals surface area contributed by atoms with E-state index in [9.17, 15) is 32.3 Å². The van der Waals surface area contributed by atoms with Crippen molar-refractivity contribution in [2.24, 2.45) is 5.92 Å². The Balaban J connectivity index is 1.69. The van der Waals surface area contributed by atoms with Crippen LogP contribution in [0.25, 0.3) is 0 Å². The van der Waals surface area contributed by atoms with Gasteiger partial charge in [-0.25, -0.2) is 4.79 Å². The molecular weight excluding hydrogens is 535 g/mol. The minimum atomic E-state index is -5.15. The predicted octanol–water partition coefficient (Wildman–Crippen LogP) is 3.70. The standard InChI is InChI=1S/C27H30F3N3O5S/c1-17(2)22(32-26(37)38-14-19-11-7-4-8-12-19)25(36)33-16-39-15-21(33)24(35)31-20(23(34)27(28,29)30)13-18-9-5-3-6-10-18/h3-12,17,20-22H,13-16H2,1-2H3,(H,31,35)(H,32,37)/t20-,21-,22-/m0/s1. The minimum absolute atomic E-state index is 0.00763. The molecule has 0 aromatic heterocycles. The third kappa shape index (κ3) is 8.47. The second kappa shape index (κ2) is 13.5. The third-order valence-corrected chi connectivity index (χ3v) is 7.09. The summed E-state index contributed by atoms with van der Waals surface area (Å²) in [6.07, 6.45) is -6.33. The highest BCUT2D eigenvalue weighted by Gasteiger charge is 2.46. The van der Waals surface area contributed by atoms with Gasteiger partial charge >= 0.3 is 12.3 Å². The SMILES string of the molecule is CC(C)[C@H](NC(=O)OCc1ccccc1)C(=O)N1CSC[C@H]1C(=O)N[C@@H](Cc1ccccc1)C(=O)C(F)(F)F. The molecule has 0 saturated carbocycles. The van der Waals surface area contributed by atoms with Crippen molar-refractivity contribution in [3.05, 3.63) is 71.8 Å². The van der Waals surface area contributed by atoms with E-state index in [0.717, 1.165) is 5.56 Å². The van der Waals surface area contributed by atoms with E-state index in [1.165, 1.54) is 16.7 Å². The number of halogens is 3. The molecule has 0 bridgehead atoms. The first-order valence-corrected chi connectivity index (χ1v) is 13.4. The van der Waals surface area contributed by atoms with Crippen LogP contribution >= 0.6 is 11.8 Å². The van der Waals surface area contributed by atoms with Crippen LogP contribution < -0.4 is 10.6 Å². The van der Waals surface area contributed by atoms with Gasteiger partial charge in [0.2, 0.25) is 11.8 Å². The quantitative estimate of drug-likeness (QED) is 0.455. The second-order valence-electron chi connectivity index (χ2n) is 9.36. The Hall–Kier alpha value is -3.54. The maximum atomic E-state index is 13.4. The number of nitrogens with one attached hydrogen (secondary N) is 2. The lowest BCUT2D eigenvalue weighted by molar-refractivity contribution is -0.173. The lowest BCUT2D eigenvalue weighted by Gasteiger charge is -2.30. The summed E-state index contributed by atoms with van der Waals surface area (Å²) in [5.74, 6) is -3.69. The second-order valence-corrected chi connectivity index (χ2v) is 10.4. The zero-order chi connectivity index (χ0) is 28.6. The molecule has 3 atom stereocenters. The van der Waals surface area contributed by atoms with Crippen LogP contribution in [0.1, 0.15) is 25.0 Å². The maximum Gasteiger partial charge on any atom is 0.452 e. The summed E-state index contributed by atoms with van der Waals surface area (Å²) >= 11 is 1.24. The molecule has 1 aliphatic heterocycles. The maximum absolute atomic E-state index is 13.4. The first-order valence-electron chi connectivity index (χ1n) is 12.3. The van der Waals surface area contributed by atoms with Gasteiger partial charge in [0.25, 0.3) is 5.78 Å². The lowest BCUT2D eigenvalue weighted by atomic mass is 10.0. The van der Waals surface area contributed by atoms with Gasteiger partial charge in [-0.05, 0) is 17.0 Å². The summed E-state index contributed by atoms with van der Waals surface area (Å²) in [5.41, 5.74) is 1.19. The molecule has 39 heavy (non-hydrogen) atoms. The van der Waals surface area contributed by atoms with Gasteiger partial charge < -0.3 is 20.3 Å². The number of alkyl carbamates (subject to hydrolysis) is 1. The van der Waals surface area contributed by atoms with Crippen LogP contribution in [-0.2, 0) is 32.1 Å². The van der Waals surface area contributed by atoms with Gasteiger partial charge in [0.15, 0.2) is 0 Å². The largest absolute Gasteiger partial charge is 0.452 e. The van der Waals surface area contributed by atoms with Gasteiger partial charge in [-0.2, -0.15) is 13.2 Å². The first-order chi connectivity index (χ1) is 18.5. The van der Waals surface area contributed by atoms with Gasteiger partial charge in [0.05, 0.1) is 5.88 Å². The van der Waals surface area contributed by atoms with Gasteiger partial charge in [-0.15, -0.1) is 11.8 Å². The Bertz CT molecular complexity index is 1150. The zero-order valence-corrected chi connectivity index (χ0v) is 22.3. The average molecular weight is 566 g/mol. The fraction of sp³-hybridized carbons (Fsp3) is 0.407. The van der Waals surface area contributed by atoms with Gasteiger partial charge in [0.1, 0.15) is 24.7 Å². The van der Waals surface area contributed by atoms with E-state index < -0.39 is 48.0 Å². The number of hydrogen-bond donors (Lipinski definition) is 2. The fourth-order valence-electron chi connectivity index (χ4n) is 3.99. The van der Waals surface area contributed by atoms with Crippen LogP contribution in [0, 0.1) is 5.92 Å². The summed E-state index contributed by atoms with van der Waals surface area (Å²) in [6, 6.07) is 13.0. The fourth-order valence-corrected chi connectivity index (χ4v) is 5.15. The molecule has 0 unspecified atom stereocenters. The first kappa shape index (κ1) is 30.0. The lowest BCUT2D eigenvalue weighted by Crippen LogP contribution is -2.58. The Kier molecular flexibility index (Phi) is 10.4. The van der Waals surface area contributed by atoms with E-state index in [1.54, 1.807) is 68.4 Å². The monoisotopic (exact) mass is 565 g/mol. The number of hydrogen-bond acceptors (Lipinski definition) is 6. The van der Waals surface area contributed by atoms with Crippen molar-refractivity contribution in [2.45, 2.75) is 51.2 Å². The Labute approximate surface area is 228 Å². The van der Waals surface area contributed by atoms with Crippen LogP contribution in [0.5, 0.6) is 0 Å². The van der Waals surface area contributed by atoms with E-state index in [4.69, 9.17) is 4.74 Å². The topological polar surface area (TPSA) is 105 Å². The smallest absolute Gasteiger partial charge is 0.445 e. The van der Waals surface area contributed by atoms with E-state index in [1.807, 2.05) is 6.07 Å². The molecule has 2 N–H and O–H groups in total. The number of alkyl halides is 3. The Morgan fingerprint density at radius 1 is 0.974 bits per heavy atom. The molecule has 2 aromatic carbocycles. The molecule has 1 heterocycles. The number of benzene rings is 2.